The molecule has 0 radical (unpaired) electrons. The predicted molar refractivity (Wildman–Crippen MR) is 85.1 cm³/mol. The van der Waals surface area contributed by atoms with Gasteiger partial charge in [-0.05, 0) is 30.9 Å². The third-order valence-corrected chi connectivity index (χ3v) is 4.42. The molecule has 1 atom stereocenters. The maximum atomic E-state index is 11.9. The summed E-state index contributed by atoms with van der Waals surface area (Å²) in [5.41, 5.74) is 7.69. The molecule has 1 heterocycles. The number of benzene rings is 1. The van der Waals surface area contributed by atoms with Gasteiger partial charge < -0.3 is 15.8 Å². The summed E-state index contributed by atoms with van der Waals surface area (Å²) in [6.07, 6.45) is 1.90. The number of carbonyl (C=O) groups is 1. The van der Waals surface area contributed by atoms with Crippen LogP contribution in [0.1, 0.15) is 30.9 Å². The second-order valence-corrected chi connectivity index (χ2v) is 6.58. The van der Waals surface area contributed by atoms with Gasteiger partial charge in [0, 0.05) is 26.2 Å². The van der Waals surface area contributed by atoms with Crippen molar-refractivity contribution in [3.8, 4) is 0 Å². The summed E-state index contributed by atoms with van der Waals surface area (Å²) >= 11 is 0. The molecule has 1 saturated heterocycles. The SMILES string of the molecule is CC1CN(Cc2cccc(CNC(=O)C3(N)CC3)c2)CCO1. The van der Waals surface area contributed by atoms with Gasteiger partial charge in [-0.2, -0.15) is 0 Å². The maximum absolute atomic E-state index is 11.9. The van der Waals surface area contributed by atoms with E-state index in [2.05, 4.69) is 35.3 Å². The molecular formula is C17H25N3O2. The Labute approximate surface area is 131 Å². The topological polar surface area (TPSA) is 67.6 Å². The highest BCUT2D eigenvalue weighted by atomic mass is 16.5. The molecule has 2 fully saturated rings. The monoisotopic (exact) mass is 303 g/mol. The van der Waals surface area contributed by atoms with Gasteiger partial charge in [-0.15, -0.1) is 0 Å². The van der Waals surface area contributed by atoms with Crippen LogP contribution >= 0.6 is 0 Å². The Morgan fingerprint density at radius 3 is 2.95 bits per heavy atom. The van der Waals surface area contributed by atoms with Gasteiger partial charge >= 0.3 is 0 Å². The summed E-state index contributed by atoms with van der Waals surface area (Å²) in [7, 11) is 0. The smallest absolute Gasteiger partial charge is 0.240 e. The summed E-state index contributed by atoms with van der Waals surface area (Å²) in [5, 5.41) is 2.94. The first-order valence-corrected chi connectivity index (χ1v) is 8.04. The third-order valence-electron chi connectivity index (χ3n) is 4.42. The molecule has 0 aromatic heterocycles. The molecule has 0 spiro atoms. The number of rotatable bonds is 5. The van der Waals surface area contributed by atoms with Crippen LogP contribution in [0.15, 0.2) is 24.3 Å². The number of hydrogen-bond donors (Lipinski definition) is 2. The highest BCUT2D eigenvalue weighted by molar-refractivity contribution is 5.88. The van der Waals surface area contributed by atoms with Gasteiger partial charge in [0.2, 0.25) is 5.91 Å². The quantitative estimate of drug-likeness (QED) is 0.852. The molecule has 2 aliphatic rings. The van der Waals surface area contributed by atoms with Crippen molar-refractivity contribution in [3.05, 3.63) is 35.4 Å². The Hall–Kier alpha value is -1.43. The highest BCUT2D eigenvalue weighted by Crippen LogP contribution is 2.32. The first kappa shape index (κ1) is 15.5. The van der Waals surface area contributed by atoms with Crippen LogP contribution in [0.2, 0.25) is 0 Å². The molecule has 1 unspecified atom stereocenters. The number of amides is 1. The van der Waals surface area contributed by atoms with Gasteiger partial charge in [0.25, 0.3) is 0 Å². The van der Waals surface area contributed by atoms with Gasteiger partial charge in [-0.3, -0.25) is 9.69 Å². The Balaban J connectivity index is 1.54. The molecule has 0 bridgehead atoms. The van der Waals surface area contributed by atoms with Crippen LogP contribution in [0.4, 0.5) is 0 Å². The van der Waals surface area contributed by atoms with Crippen LogP contribution < -0.4 is 11.1 Å². The number of morpholine rings is 1. The van der Waals surface area contributed by atoms with E-state index in [-0.39, 0.29) is 5.91 Å². The molecule has 5 heteroatoms. The van der Waals surface area contributed by atoms with Crippen LogP contribution in [0.3, 0.4) is 0 Å². The van der Waals surface area contributed by atoms with E-state index in [1.165, 1.54) is 5.56 Å². The zero-order valence-electron chi connectivity index (χ0n) is 13.2. The van der Waals surface area contributed by atoms with Crippen molar-refractivity contribution in [2.24, 2.45) is 5.73 Å². The van der Waals surface area contributed by atoms with E-state index in [0.717, 1.165) is 44.6 Å². The Kier molecular flexibility index (Phi) is 4.47. The molecule has 1 aromatic rings. The van der Waals surface area contributed by atoms with E-state index in [0.29, 0.717) is 12.6 Å². The van der Waals surface area contributed by atoms with Crippen LogP contribution in [0.5, 0.6) is 0 Å². The van der Waals surface area contributed by atoms with E-state index in [4.69, 9.17) is 10.5 Å². The van der Waals surface area contributed by atoms with Crippen molar-refractivity contribution in [3.63, 3.8) is 0 Å². The molecule has 1 saturated carbocycles. The molecule has 1 amide bonds. The minimum Gasteiger partial charge on any atom is -0.376 e. The average molecular weight is 303 g/mol. The molecule has 1 aliphatic heterocycles. The van der Waals surface area contributed by atoms with E-state index in [9.17, 15) is 4.79 Å². The molecule has 22 heavy (non-hydrogen) atoms. The number of carbonyl (C=O) groups excluding carboxylic acids is 1. The van der Waals surface area contributed by atoms with Gasteiger partial charge in [-0.25, -0.2) is 0 Å². The minimum atomic E-state index is -0.596. The zero-order valence-corrected chi connectivity index (χ0v) is 13.2. The molecule has 3 rings (SSSR count). The van der Waals surface area contributed by atoms with Crippen LogP contribution in [0, 0.1) is 0 Å². The van der Waals surface area contributed by atoms with Gasteiger partial charge in [-0.1, -0.05) is 24.3 Å². The summed E-state index contributed by atoms with van der Waals surface area (Å²) in [6.45, 7) is 6.33. The maximum Gasteiger partial charge on any atom is 0.240 e. The van der Waals surface area contributed by atoms with Crippen LogP contribution in [-0.4, -0.2) is 42.1 Å². The molecule has 5 nitrogen and oxygen atoms in total. The van der Waals surface area contributed by atoms with Gasteiger partial charge in [0.05, 0.1) is 18.2 Å². The van der Waals surface area contributed by atoms with Gasteiger partial charge in [0.15, 0.2) is 0 Å². The lowest BCUT2D eigenvalue weighted by molar-refractivity contribution is -0.123. The Morgan fingerprint density at radius 1 is 1.45 bits per heavy atom. The summed E-state index contributed by atoms with van der Waals surface area (Å²) in [5.74, 6) is -0.0279. The Bertz CT molecular complexity index is 542. The van der Waals surface area contributed by atoms with E-state index in [1.807, 2.05) is 6.07 Å². The summed E-state index contributed by atoms with van der Waals surface area (Å²) < 4.78 is 5.57. The normalized spacial score (nSPS) is 24.0. The molecule has 1 aromatic carbocycles. The number of nitrogens with two attached hydrogens (primary N) is 1. The number of nitrogens with one attached hydrogen (secondary N) is 1. The van der Waals surface area contributed by atoms with E-state index < -0.39 is 5.54 Å². The summed E-state index contributed by atoms with van der Waals surface area (Å²) in [4.78, 5) is 14.3. The lowest BCUT2D eigenvalue weighted by atomic mass is 10.1. The number of hydrogen-bond acceptors (Lipinski definition) is 4. The van der Waals surface area contributed by atoms with Crippen LogP contribution in [-0.2, 0) is 22.6 Å². The van der Waals surface area contributed by atoms with E-state index in [1.54, 1.807) is 0 Å². The largest absolute Gasteiger partial charge is 0.376 e. The Morgan fingerprint density at radius 2 is 2.23 bits per heavy atom. The van der Waals surface area contributed by atoms with Gasteiger partial charge in [0.1, 0.15) is 0 Å². The molecule has 120 valence electrons. The van der Waals surface area contributed by atoms with Crippen molar-refractivity contribution in [1.29, 1.82) is 0 Å². The lowest BCUT2D eigenvalue weighted by Crippen LogP contribution is -2.42. The molecule has 3 N–H and O–H groups in total. The van der Waals surface area contributed by atoms with Crippen molar-refractivity contribution in [2.45, 2.75) is 44.5 Å². The standard InChI is InChI=1S/C17H25N3O2/c1-13-11-20(7-8-22-13)12-15-4-2-3-14(9-15)10-19-16(21)17(18)5-6-17/h2-4,9,13H,5-8,10-12,18H2,1H3,(H,19,21). The first-order chi connectivity index (χ1) is 10.5. The summed E-state index contributed by atoms with van der Waals surface area (Å²) in [6, 6.07) is 8.39. The lowest BCUT2D eigenvalue weighted by Gasteiger charge is -2.31. The predicted octanol–water partition coefficient (Wildman–Crippen LogP) is 1.01. The second-order valence-electron chi connectivity index (χ2n) is 6.58. The number of nitrogens with zero attached hydrogens (tertiary/aromatic N) is 1. The van der Waals surface area contributed by atoms with Crippen molar-refractivity contribution in [2.75, 3.05) is 19.7 Å². The van der Waals surface area contributed by atoms with Crippen molar-refractivity contribution >= 4 is 5.91 Å². The second kappa shape index (κ2) is 6.36. The fourth-order valence-electron chi connectivity index (χ4n) is 2.85. The highest BCUT2D eigenvalue weighted by Gasteiger charge is 2.45. The minimum absolute atomic E-state index is 0.0279. The zero-order chi connectivity index (χ0) is 15.6. The fourth-order valence-corrected chi connectivity index (χ4v) is 2.85. The molecule has 1 aliphatic carbocycles. The third kappa shape index (κ3) is 3.85. The average Bonchev–Trinajstić information content (AvgIpc) is 3.24. The molecular weight excluding hydrogens is 278 g/mol. The van der Waals surface area contributed by atoms with E-state index >= 15 is 0 Å². The first-order valence-electron chi connectivity index (χ1n) is 8.04. The number of ether oxygens (including phenoxy) is 1. The van der Waals surface area contributed by atoms with Crippen molar-refractivity contribution in [1.82, 2.24) is 10.2 Å². The fraction of sp³-hybridized carbons (Fsp3) is 0.588. The van der Waals surface area contributed by atoms with Crippen molar-refractivity contribution < 1.29 is 9.53 Å². The van der Waals surface area contributed by atoms with Crippen LogP contribution in [0.25, 0.3) is 0 Å².